The molecule has 4 heteroatoms. The highest BCUT2D eigenvalue weighted by molar-refractivity contribution is 5.94. The smallest absolute Gasteiger partial charge is 0.270 e. The van der Waals surface area contributed by atoms with E-state index in [1.54, 1.807) is 0 Å². The lowest BCUT2D eigenvalue weighted by Crippen LogP contribution is -2.36. The topological polar surface area (TPSA) is 51.3 Å². The molecule has 1 amide bonds. The molecule has 1 aromatic heterocycles. The molecule has 2 saturated carbocycles. The molecule has 0 radical (unpaired) electrons. The van der Waals surface area contributed by atoms with Gasteiger partial charge in [0.05, 0.1) is 5.69 Å². The van der Waals surface area contributed by atoms with E-state index in [-0.39, 0.29) is 5.91 Å². The number of nitrogen functional groups attached to an aromatic ring is 1. The first kappa shape index (κ1) is 12.6. The average Bonchev–Trinajstić information content (AvgIpc) is 3.25. The Morgan fingerprint density at radius 3 is 2.74 bits per heavy atom. The van der Waals surface area contributed by atoms with Crippen LogP contribution in [-0.4, -0.2) is 28.0 Å². The van der Waals surface area contributed by atoms with Crippen molar-refractivity contribution in [2.45, 2.75) is 51.6 Å². The summed E-state index contributed by atoms with van der Waals surface area (Å²) in [6, 6.07) is 2.32. The molecule has 0 unspecified atom stereocenters. The van der Waals surface area contributed by atoms with E-state index in [1.165, 1.54) is 25.7 Å². The van der Waals surface area contributed by atoms with Gasteiger partial charge in [0.2, 0.25) is 0 Å². The van der Waals surface area contributed by atoms with Crippen LogP contribution in [0, 0.1) is 5.92 Å². The fraction of sp³-hybridized carbons (Fsp3) is 0.667. The van der Waals surface area contributed by atoms with Crippen molar-refractivity contribution in [1.29, 1.82) is 0 Å². The number of nitrogens with two attached hydrogens (primary N) is 1. The minimum atomic E-state index is 0.180. The van der Waals surface area contributed by atoms with Crippen LogP contribution in [-0.2, 0) is 6.54 Å². The van der Waals surface area contributed by atoms with Crippen LogP contribution >= 0.6 is 0 Å². The number of aryl methyl sites for hydroxylation is 1. The Labute approximate surface area is 114 Å². The molecule has 2 N–H and O–H groups in total. The second kappa shape index (κ2) is 4.91. The van der Waals surface area contributed by atoms with Crippen molar-refractivity contribution < 1.29 is 4.79 Å². The van der Waals surface area contributed by atoms with Crippen LogP contribution in [0.25, 0.3) is 0 Å². The first-order valence-corrected chi connectivity index (χ1v) is 7.45. The summed E-state index contributed by atoms with van der Waals surface area (Å²) in [5.41, 5.74) is 7.33. The van der Waals surface area contributed by atoms with Crippen molar-refractivity contribution in [3.63, 3.8) is 0 Å². The monoisotopic (exact) mass is 261 g/mol. The van der Waals surface area contributed by atoms with E-state index in [0.717, 1.165) is 31.1 Å². The molecule has 4 nitrogen and oxygen atoms in total. The summed E-state index contributed by atoms with van der Waals surface area (Å²) in [6.07, 6.45) is 7.81. The number of rotatable bonds is 6. The van der Waals surface area contributed by atoms with Gasteiger partial charge < -0.3 is 15.2 Å². The van der Waals surface area contributed by atoms with Gasteiger partial charge in [0.25, 0.3) is 5.91 Å². The lowest BCUT2D eigenvalue weighted by atomic mass is 10.3. The molecule has 19 heavy (non-hydrogen) atoms. The molecule has 1 aromatic rings. The third kappa shape index (κ3) is 2.77. The first-order valence-electron chi connectivity index (χ1n) is 7.45. The summed E-state index contributed by atoms with van der Waals surface area (Å²) >= 11 is 0. The number of hydrogen-bond donors (Lipinski definition) is 1. The lowest BCUT2D eigenvalue weighted by molar-refractivity contribution is 0.0723. The second-order valence-electron chi connectivity index (χ2n) is 5.98. The molecule has 1 heterocycles. The Bertz CT molecular complexity index is 472. The highest BCUT2D eigenvalue weighted by Crippen LogP contribution is 2.35. The average molecular weight is 261 g/mol. The summed E-state index contributed by atoms with van der Waals surface area (Å²) in [7, 11) is 0. The van der Waals surface area contributed by atoms with Crippen LogP contribution in [0.1, 0.15) is 49.5 Å². The molecule has 0 atom stereocenters. The fourth-order valence-corrected chi connectivity index (χ4v) is 2.65. The van der Waals surface area contributed by atoms with Crippen molar-refractivity contribution in [1.82, 2.24) is 9.47 Å². The molecule has 0 aliphatic heterocycles. The number of carbonyl (C=O) groups is 1. The predicted octanol–water partition coefficient (Wildman–Crippen LogP) is 2.49. The molecule has 0 spiro atoms. The minimum Gasteiger partial charge on any atom is -0.397 e. The van der Waals surface area contributed by atoms with E-state index >= 15 is 0 Å². The minimum absolute atomic E-state index is 0.180. The van der Waals surface area contributed by atoms with Crippen LogP contribution in [0.3, 0.4) is 0 Å². The Morgan fingerprint density at radius 1 is 1.42 bits per heavy atom. The molecule has 3 rings (SSSR count). The molecular weight excluding hydrogens is 238 g/mol. The van der Waals surface area contributed by atoms with Crippen molar-refractivity contribution in [3.05, 3.63) is 18.0 Å². The van der Waals surface area contributed by atoms with Crippen molar-refractivity contribution in [2.24, 2.45) is 5.92 Å². The second-order valence-corrected chi connectivity index (χ2v) is 5.98. The van der Waals surface area contributed by atoms with Gasteiger partial charge in [-0.25, -0.2) is 0 Å². The zero-order chi connectivity index (χ0) is 13.4. The lowest BCUT2D eigenvalue weighted by Gasteiger charge is -2.23. The maximum Gasteiger partial charge on any atom is 0.270 e. The number of aromatic nitrogens is 1. The molecule has 0 aromatic carbocycles. The summed E-state index contributed by atoms with van der Waals surface area (Å²) in [4.78, 5) is 14.8. The number of carbonyl (C=O) groups excluding carboxylic acids is 1. The molecule has 0 bridgehead atoms. The predicted molar refractivity (Wildman–Crippen MR) is 75.9 cm³/mol. The normalized spacial score (nSPS) is 18.6. The third-order valence-electron chi connectivity index (χ3n) is 4.00. The van der Waals surface area contributed by atoms with Crippen LogP contribution in [0.15, 0.2) is 12.3 Å². The molecule has 104 valence electrons. The van der Waals surface area contributed by atoms with Crippen molar-refractivity contribution >= 4 is 11.6 Å². The molecule has 2 aliphatic carbocycles. The molecule has 0 saturated heterocycles. The van der Waals surface area contributed by atoms with Gasteiger partial charge in [-0.15, -0.1) is 0 Å². The Kier molecular flexibility index (Phi) is 3.25. The van der Waals surface area contributed by atoms with Crippen molar-refractivity contribution in [2.75, 3.05) is 12.3 Å². The number of amides is 1. The van der Waals surface area contributed by atoms with E-state index < -0.39 is 0 Å². The zero-order valence-electron chi connectivity index (χ0n) is 11.6. The van der Waals surface area contributed by atoms with Gasteiger partial charge in [-0.3, -0.25) is 4.79 Å². The summed E-state index contributed by atoms with van der Waals surface area (Å²) in [5.74, 6) is 0.927. The highest BCUT2D eigenvalue weighted by atomic mass is 16.2. The van der Waals surface area contributed by atoms with Crippen LogP contribution in [0.5, 0.6) is 0 Å². The zero-order valence-corrected chi connectivity index (χ0v) is 11.6. The SMILES string of the molecule is CCCn1cc(N)cc1C(=O)N(CC1CC1)C1CC1. The quantitative estimate of drug-likeness (QED) is 0.855. The Morgan fingerprint density at radius 2 is 2.16 bits per heavy atom. The van der Waals surface area contributed by atoms with Crippen LogP contribution < -0.4 is 5.73 Å². The van der Waals surface area contributed by atoms with Gasteiger partial charge in [-0.05, 0) is 44.1 Å². The molecule has 2 fully saturated rings. The molecule has 2 aliphatic rings. The number of hydrogen-bond acceptors (Lipinski definition) is 2. The van der Waals surface area contributed by atoms with Gasteiger partial charge >= 0.3 is 0 Å². The fourth-order valence-electron chi connectivity index (χ4n) is 2.65. The van der Waals surface area contributed by atoms with Gasteiger partial charge in [-0.2, -0.15) is 0 Å². The molecular formula is C15H23N3O. The van der Waals surface area contributed by atoms with Gasteiger partial charge in [0.1, 0.15) is 5.69 Å². The number of anilines is 1. The maximum absolute atomic E-state index is 12.7. The third-order valence-corrected chi connectivity index (χ3v) is 4.00. The van der Waals surface area contributed by atoms with Crippen LogP contribution in [0.2, 0.25) is 0 Å². The Balaban J connectivity index is 1.79. The van der Waals surface area contributed by atoms with Gasteiger partial charge in [-0.1, -0.05) is 6.92 Å². The largest absolute Gasteiger partial charge is 0.397 e. The summed E-state index contributed by atoms with van der Waals surface area (Å²) < 4.78 is 2.01. The van der Waals surface area contributed by atoms with Crippen LogP contribution in [0.4, 0.5) is 5.69 Å². The van der Waals surface area contributed by atoms with E-state index in [4.69, 9.17) is 5.73 Å². The maximum atomic E-state index is 12.7. The first-order chi connectivity index (χ1) is 9.19. The summed E-state index contributed by atoms with van der Waals surface area (Å²) in [5, 5.41) is 0. The Hall–Kier alpha value is -1.45. The number of nitrogens with zero attached hydrogens (tertiary/aromatic N) is 2. The van der Waals surface area contributed by atoms with Gasteiger partial charge in [0.15, 0.2) is 0 Å². The van der Waals surface area contributed by atoms with E-state index in [1.807, 2.05) is 16.8 Å². The van der Waals surface area contributed by atoms with Gasteiger partial charge in [0, 0.05) is 25.3 Å². The van der Waals surface area contributed by atoms with E-state index in [2.05, 4.69) is 11.8 Å². The van der Waals surface area contributed by atoms with Crippen molar-refractivity contribution in [3.8, 4) is 0 Å². The van der Waals surface area contributed by atoms with E-state index in [0.29, 0.717) is 11.7 Å². The summed E-state index contributed by atoms with van der Waals surface area (Å²) in [6.45, 7) is 3.92. The van der Waals surface area contributed by atoms with E-state index in [9.17, 15) is 4.79 Å². The standard InChI is InChI=1S/C15H23N3O/c1-2-7-17-10-12(16)8-14(17)15(19)18(13-5-6-13)9-11-3-4-11/h8,10-11,13H,2-7,9,16H2,1H3. The highest BCUT2D eigenvalue weighted by Gasteiger charge is 2.37.